The molecule has 2 atom stereocenters. The van der Waals surface area contributed by atoms with E-state index in [4.69, 9.17) is 27.8 Å². The summed E-state index contributed by atoms with van der Waals surface area (Å²) in [5.41, 5.74) is 9.81. The van der Waals surface area contributed by atoms with Gasteiger partial charge in [-0.2, -0.15) is 0 Å². The number of carbonyl (C=O) groups is 4. The van der Waals surface area contributed by atoms with Gasteiger partial charge in [-0.05, 0) is 18.2 Å². The smallest absolute Gasteiger partial charge is 0.328 e. The molecule has 1 fully saturated rings. The van der Waals surface area contributed by atoms with Crippen molar-refractivity contribution in [1.29, 1.82) is 0 Å². The fourth-order valence-corrected chi connectivity index (χ4v) is 3.50. The summed E-state index contributed by atoms with van der Waals surface area (Å²) in [6.07, 6.45) is -0.00478. The fourth-order valence-electron chi connectivity index (χ4n) is 3.31. The molecule has 1 saturated heterocycles. The summed E-state index contributed by atoms with van der Waals surface area (Å²) < 4.78 is 19.3. The molecule has 0 spiro atoms. The average molecular weight is 439 g/mol. The number of esters is 1. The van der Waals surface area contributed by atoms with Crippen LogP contribution in [-0.4, -0.2) is 63.3 Å². The van der Waals surface area contributed by atoms with Gasteiger partial charge in [0, 0.05) is 18.5 Å². The Hall–Kier alpha value is -3.54. The summed E-state index contributed by atoms with van der Waals surface area (Å²) in [5, 5.41) is 7.08. The first-order valence-corrected chi connectivity index (χ1v) is 8.92. The maximum atomic E-state index is 13.4. The van der Waals surface area contributed by atoms with E-state index >= 15 is 0 Å². The van der Waals surface area contributed by atoms with Crippen molar-refractivity contribution in [2.75, 3.05) is 13.7 Å². The van der Waals surface area contributed by atoms with Crippen LogP contribution in [0.3, 0.4) is 0 Å². The van der Waals surface area contributed by atoms with Gasteiger partial charge in [-0.15, -0.1) is 5.10 Å². The quantitative estimate of drug-likeness (QED) is 0.615. The van der Waals surface area contributed by atoms with E-state index < -0.39 is 47.3 Å². The number of nitrogens with two attached hydrogens (primary N) is 2. The summed E-state index contributed by atoms with van der Waals surface area (Å²) in [4.78, 5) is 49.8. The lowest BCUT2D eigenvalue weighted by molar-refractivity contribution is -0.145. The van der Waals surface area contributed by atoms with Crippen LogP contribution >= 0.6 is 11.6 Å². The molecule has 0 radical (unpaired) electrons. The van der Waals surface area contributed by atoms with E-state index in [1.807, 2.05) is 0 Å². The third-order valence-corrected chi connectivity index (χ3v) is 4.98. The molecule has 2 aromatic rings. The maximum Gasteiger partial charge on any atom is 0.328 e. The zero-order chi connectivity index (χ0) is 22.2. The number of carbonyl (C=O) groups excluding carboxylic acids is 4. The minimum absolute atomic E-state index is 0.00478. The van der Waals surface area contributed by atoms with Crippen molar-refractivity contribution in [1.82, 2.24) is 19.9 Å². The molecule has 11 nitrogen and oxygen atoms in total. The lowest BCUT2D eigenvalue weighted by atomic mass is 10.1. The topological polar surface area (TPSA) is 164 Å². The number of methoxy groups -OCH3 is 1. The van der Waals surface area contributed by atoms with Crippen molar-refractivity contribution in [2.24, 2.45) is 11.5 Å². The largest absolute Gasteiger partial charge is 0.467 e. The summed E-state index contributed by atoms with van der Waals surface area (Å²) in [6.45, 7) is -0.102. The molecule has 1 aromatic heterocycles. The molecule has 4 N–H and O–H groups in total. The summed E-state index contributed by atoms with van der Waals surface area (Å²) in [6, 6.07) is 1.60. The lowest BCUT2D eigenvalue weighted by Crippen LogP contribution is -2.41. The van der Waals surface area contributed by atoms with Gasteiger partial charge in [0.25, 0.3) is 17.7 Å². The third-order valence-electron chi connectivity index (χ3n) is 4.69. The van der Waals surface area contributed by atoms with Crippen LogP contribution < -0.4 is 11.5 Å². The Morgan fingerprint density at radius 3 is 2.50 bits per heavy atom. The van der Waals surface area contributed by atoms with E-state index in [1.165, 1.54) is 11.0 Å². The number of amides is 3. The van der Waals surface area contributed by atoms with Crippen LogP contribution in [0.1, 0.15) is 43.8 Å². The van der Waals surface area contributed by atoms with Gasteiger partial charge >= 0.3 is 5.97 Å². The van der Waals surface area contributed by atoms with E-state index in [9.17, 15) is 23.6 Å². The van der Waals surface area contributed by atoms with Gasteiger partial charge in [-0.25, -0.2) is 13.9 Å². The van der Waals surface area contributed by atoms with Gasteiger partial charge < -0.3 is 21.1 Å². The highest BCUT2D eigenvalue weighted by molar-refractivity contribution is 6.31. The molecule has 0 aliphatic carbocycles. The number of rotatable bonds is 5. The maximum absolute atomic E-state index is 13.4. The Balaban J connectivity index is 1.99. The summed E-state index contributed by atoms with van der Waals surface area (Å²) >= 11 is 5.75. The standard InChI is InChI=1S/C17H16ClFN6O5/c1-30-17(29)11-5-8(25-13(15(21)27)12(14(20)26)22-23-25)6-24(11)16(28)7-2-3-10(19)9(18)4-7/h2-4,8,11H,5-6H2,1H3,(H2,20,26)(H2,21,27)/t8-,11+/m0/s1. The molecule has 3 amide bonds. The van der Waals surface area contributed by atoms with Crippen LogP contribution in [0.4, 0.5) is 4.39 Å². The molecule has 13 heteroatoms. The molecule has 0 bridgehead atoms. The first kappa shape index (κ1) is 21.2. The van der Waals surface area contributed by atoms with E-state index in [0.717, 1.165) is 23.9 Å². The van der Waals surface area contributed by atoms with Gasteiger partial charge in [0.15, 0.2) is 11.4 Å². The highest BCUT2D eigenvalue weighted by Gasteiger charge is 2.43. The monoisotopic (exact) mass is 438 g/mol. The van der Waals surface area contributed by atoms with Gasteiger partial charge in [-0.1, -0.05) is 16.8 Å². The van der Waals surface area contributed by atoms with Crippen LogP contribution in [0.15, 0.2) is 18.2 Å². The Labute approximate surface area is 173 Å². The minimum Gasteiger partial charge on any atom is -0.467 e. The zero-order valence-corrected chi connectivity index (χ0v) is 16.3. The van der Waals surface area contributed by atoms with Gasteiger partial charge in [0.1, 0.15) is 11.9 Å². The summed E-state index contributed by atoms with van der Waals surface area (Å²) in [5.74, 6) is -4.05. The molecule has 1 aliphatic rings. The van der Waals surface area contributed by atoms with Crippen LogP contribution in [-0.2, 0) is 9.53 Å². The first-order valence-electron chi connectivity index (χ1n) is 8.54. The van der Waals surface area contributed by atoms with Gasteiger partial charge in [0.05, 0.1) is 18.2 Å². The molecule has 158 valence electrons. The fraction of sp³-hybridized carbons (Fsp3) is 0.294. The van der Waals surface area contributed by atoms with E-state index in [2.05, 4.69) is 10.3 Å². The summed E-state index contributed by atoms with van der Waals surface area (Å²) in [7, 11) is 1.16. The Morgan fingerprint density at radius 1 is 1.23 bits per heavy atom. The lowest BCUT2D eigenvalue weighted by Gasteiger charge is -2.22. The van der Waals surface area contributed by atoms with E-state index in [-0.39, 0.29) is 29.2 Å². The van der Waals surface area contributed by atoms with Crippen molar-refractivity contribution in [3.63, 3.8) is 0 Å². The van der Waals surface area contributed by atoms with Crippen molar-refractivity contribution in [3.05, 3.63) is 46.0 Å². The Morgan fingerprint density at radius 2 is 1.93 bits per heavy atom. The Kier molecular flexibility index (Phi) is 5.69. The van der Waals surface area contributed by atoms with E-state index in [0.29, 0.717) is 0 Å². The normalized spacial score (nSPS) is 18.3. The number of aromatic nitrogens is 3. The third kappa shape index (κ3) is 3.68. The van der Waals surface area contributed by atoms with Gasteiger partial charge in [-0.3, -0.25) is 14.4 Å². The highest BCUT2D eigenvalue weighted by atomic mass is 35.5. The zero-order valence-electron chi connectivity index (χ0n) is 15.5. The SMILES string of the molecule is COC(=O)[C@H]1C[C@H](n2nnc(C(N)=O)c2C(N)=O)CN1C(=O)c1ccc(F)c(Cl)c1. The molecule has 3 rings (SSSR count). The number of ether oxygens (including phenoxy) is 1. The van der Waals surface area contributed by atoms with Crippen molar-refractivity contribution in [3.8, 4) is 0 Å². The van der Waals surface area contributed by atoms with Crippen LogP contribution in [0.5, 0.6) is 0 Å². The second-order valence-electron chi connectivity index (χ2n) is 6.47. The predicted octanol–water partition coefficient (Wildman–Crippen LogP) is -0.103. The average Bonchev–Trinajstić information content (AvgIpc) is 3.33. The van der Waals surface area contributed by atoms with Gasteiger partial charge in [0.2, 0.25) is 0 Å². The molecule has 30 heavy (non-hydrogen) atoms. The molecular formula is C17H16ClFN6O5. The number of primary amides is 2. The van der Waals surface area contributed by atoms with Crippen LogP contribution in [0, 0.1) is 5.82 Å². The molecule has 1 aliphatic heterocycles. The minimum atomic E-state index is -1.04. The second kappa shape index (κ2) is 8.06. The molecule has 0 unspecified atom stereocenters. The van der Waals surface area contributed by atoms with Crippen LogP contribution in [0.25, 0.3) is 0 Å². The van der Waals surface area contributed by atoms with Crippen molar-refractivity contribution in [2.45, 2.75) is 18.5 Å². The van der Waals surface area contributed by atoms with Crippen molar-refractivity contribution < 1.29 is 28.3 Å². The Bertz CT molecular complexity index is 1060. The number of likely N-dealkylation sites (tertiary alicyclic amines) is 1. The number of hydrogen-bond acceptors (Lipinski definition) is 7. The first-order chi connectivity index (χ1) is 14.1. The van der Waals surface area contributed by atoms with Crippen molar-refractivity contribution >= 4 is 35.3 Å². The molecule has 0 saturated carbocycles. The number of hydrogen-bond donors (Lipinski definition) is 2. The number of benzene rings is 1. The second-order valence-corrected chi connectivity index (χ2v) is 6.88. The predicted molar refractivity (Wildman–Crippen MR) is 99.0 cm³/mol. The molecule has 2 heterocycles. The molecule has 1 aromatic carbocycles. The molecular weight excluding hydrogens is 423 g/mol. The number of nitrogens with zero attached hydrogens (tertiary/aromatic N) is 4. The number of halogens is 2. The van der Waals surface area contributed by atoms with Crippen LogP contribution in [0.2, 0.25) is 5.02 Å². The highest BCUT2D eigenvalue weighted by Crippen LogP contribution is 2.31. The van der Waals surface area contributed by atoms with E-state index in [1.54, 1.807) is 0 Å².